The molecule has 0 saturated carbocycles. The second kappa shape index (κ2) is 7.51. The number of fused-ring (bicyclic) bond motifs is 1. The van der Waals surface area contributed by atoms with Gasteiger partial charge < -0.3 is 9.47 Å². The molecule has 0 aliphatic rings. The quantitative estimate of drug-likeness (QED) is 0.394. The van der Waals surface area contributed by atoms with Gasteiger partial charge in [0, 0.05) is 17.0 Å². The van der Waals surface area contributed by atoms with Crippen LogP contribution in [0, 0.1) is 0 Å². The zero-order valence-electron chi connectivity index (χ0n) is 15.5. The Hall–Kier alpha value is -3.30. The average Bonchev–Trinajstić information content (AvgIpc) is 2.70. The highest BCUT2D eigenvalue weighted by molar-refractivity contribution is 5.96. The van der Waals surface area contributed by atoms with Gasteiger partial charge in [0.05, 0.1) is 42.1 Å². The van der Waals surface area contributed by atoms with Crippen LogP contribution < -0.4 is 4.74 Å². The Balaban J connectivity index is 2.29. The van der Waals surface area contributed by atoms with Crippen molar-refractivity contribution in [3.63, 3.8) is 0 Å². The molecule has 0 saturated heterocycles. The smallest absolute Gasteiger partial charge is 0.417 e. The maximum Gasteiger partial charge on any atom is 0.417 e. The number of esters is 1. The van der Waals surface area contributed by atoms with E-state index in [4.69, 9.17) is 4.74 Å². The monoisotopic (exact) mass is 429 g/mol. The minimum atomic E-state index is -5.06. The molecular formula is C20H13F6NO3. The van der Waals surface area contributed by atoms with E-state index in [9.17, 15) is 31.1 Å². The fraction of sp³-hybridized carbons (Fsp3) is 0.200. The number of alkyl halides is 6. The molecule has 158 valence electrons. The molecule has 3 aromatic rings. The number of carbonyl (C=O) groups is 1. The van der Waals surface area contributed by atoms with E-state index in [0.29, 0.717) is 17.5 Å². The van der Waals surface area contributed by atoms with Gasteiger partial charge in [-0.25, -0.2) is 9.78 Å². The number of hydrogen-bond acceptors (Lipinski definition) is 4. The summed E-state index contributed by atoms with van der Waals surface area (Å²) in [4.78, 5) is 15.9. The van der Waals surface area contributed by atoms with Crippen molar-refractivity contribution in [3.05, 3.63) is 59.2 Å². The van der Waals surface area contributed by atoms with Gasteiger partial charge in [0.25, 0.3) is 0 Å². The van der Waals surface area contributed by atoms with Gasteiger partial charge in [0.2, 0.25) is 0 Å². The number of rotatable bonds is 3. The van der Waals surface area contributed by atoms with Crippen molar-refractivity contribution in [2.45, 2.75) is 12.4 Å². The predicted molar refractivity (Wildman–Crippen MR) is 95.1 cm³/mol. The molecule has 1 heterocycles. The second-order valence-corrected chi connectivity index (χ2v) is 6.19. The highest BCUT2D eigenvalue weighted by Crippen LogP contribution is 2.41. The zero-order valence-corrected chi connectivity index (χ0v) is 15.5. The summed E-state index contributed by atoms with van der Waals surface area (Å²) < 4.78 is 89.2. The van der Waals surface area contributed by atoms with E-state index in [1.54, 1.807) is 0 Å². The molecule has 0 aliphatic heterocycles. The first-order valence-electron chi connectivity index (χ1n) is 8.31. The summed E-state index contributed by atoms with van der Waals surface area (Å²) in [6.07, 6.45) is -10.0. The lowest BCUT2D eigenvalue weighted by Gasteiger charge is -2.17. The lowest BCUT2D eigenvalue weighted by molar-refractivity contribution is -0.142. The Morgan fingerprint density at radius 2 is 1.60 bits per heavy atom. The number of benzene rings is 2. The van der Waals surface area contributed by atoms with E-state index in [0.717, 1.165) is 7.11 Å². The summed E-state index contributed by atoms with van der Waals surface area (Å²) in [6.45, 7) is 0. The third kappa shape index (κ3) is 4.03. The van der Waals surface area contributed by atoms with Crippen molar-refractivity contribution in [3.8, 4) is 17.0 Å². The highest BCUT2D eigenvalue weighted by Gasteiger charge is 2.38. The Morgan fingerprint density at radius 3 is 2.17 bits per heavy atom. The van der Waals surface area contributed by atoms with Crippen LogP contribution in [0.1, 0.15) is 21.5 Å². The van der Waals surface area contributed by atoms with Crippen molar-refractivity contribution >= 4 is 16.9 Å². The Morgan fingerprint density at radius 1 is 0.900 bits per heavy atom. The van der Waals surface area contributed by atoms with Crippen LogP contribution in [0.3, 0.4) is 0 Å². The number of pyridine rings is 1. The van der Waals surface area contributed by atoms with Crippen molar-refractivity contribution in [1.29, 1.82) is 0 Å². The molecule has 2 aromatic carbocycles. The summed E-state index contributed by atoms with van der Waals surface area (Å²) >= 11 is 0. The number of hydrogen-bond donors (Lipinski definition) is 0. The molecule has 3 rings (SSSR count). The van der Waals surface area contributed by atoms with Crippen LogP contribution in [0.25, 0.3) is 22.2 Å². The highest BCUT2D eigenvalue weighted by atomic mass is 19.4. The summed E-state index contributed by atoms with van der Waals surface area (Å²) in [5.41, 5.74) is -3.53. The maximum atomic E-state index is 13.5. The van der Waals surface area contributed by atoms with Gasteiger partial charge in [0.1, 0.15) is 5.75 Å². The van der Waals surface area contributed by atoms with Crippen molar-refractivity contribution in [1.82, 2.24) is 4.98 Å². The first-order valence-corrected chi connectivity index (χ1v) is 8.31. The second-order valence-electron chi connectivity index (χ2n) is 6.19. The van der Waals surface area contributed by atoms with Gasteiger partial charge in [-0.05, 0) is 30.3 Å². The molecule has 10 heteroatoms. The van der Waals surface area contributed by atoms with Crippen LogP contribution >= 0.6 is 0 Å². The summed E-state index contributed by atoms with van der Waals surface area (Å²) in [5, 5.41) is 0.398. The van der Waals surface area contributed by atoms with Gasteiger partial charge in [-0.15, -0.1) is 0 Å². The molecule has 0 unspecified atom stereocenters. The molecule has 0 spiro atoms. The van der Waals surface area contributed by atoms with Gasteiger partial charge >= 0.3 is 18.3 Å². The molecule has 0 amide bonds. The van der Waals surface area contributed by atoms with Crippen LogP contribution in [-0.2, 0) is 17.1 Å². The summed E-state index contributed by atoms with van der Waals surface area (Å²) in [7, 11) is 2.44. The Bertz CT molecular complexity index is 1120. The van der Waals surface area contributed by atoms with Gasteiger partial charge in [-0.2, -0.15) is 26.3 Å². The molecule has 0 aliphatic carbocycles. The Labute approximate surface area is 166 Å². The van der Waals surface area contributed by atoms with E-state index in [1.807, 2.05) is 0 Å². The van der Waals surface area contributed by atoms with E-state index < -0.39 is 35.0 Å². The molecule has 1 aromatic heterocycles. The predicted octanol–water partition coefficient (Wildman–Crippen LogP) is 5.73. The SMILES string of the molecule is COC(=O)c1ccc2c(OC)cc(-c3ccc(C(F)(F)F)cc3C(F)(F)F)nc2c1. The maximum absolute atomic E-state index is 13.5. The van der Waals surface area contributed by atoms with Crippen LogP contribution in [-0.4, -0.2) is 25.2 Å². The molecule has 30 heavy (non-hydrogen) atoms. The van der Waals surface area contributed by atoms with E-state index in [1.165, 1.54) is 31.4 Å². The molecule has 0 N–H and O–H groups in total. The van der Waals surface area contributed by atoms with Crippen molar-refractivity contribution in [2.75, 3.05) is 14.2 Å². The van der Waals surface area contributed by atoms with Gasteiger partial charge in [-0.3, -0.25) is 0 Å². The normalized spacial score (nSPS) is 12.1. The Kier molecular flexibility index (Phi) is 5.36. The molecule has 0 bridgehead atoms. The van der Waals surface area contributed by atoms with E-state index in [-0.39, 0.29) is 28.6 Å². The number of aromatic nitrogens is 1. The van der Waals surface area contributed by atoms with Crippen LogP contribution in [0.2, 0.25) is 0 Å². The number of carbonyl (C=O) groups excluding carboxylic acids is 1. The standard InChI is InChI=1S/C20H13F6NO3/c1-29-17-9-16(27-15-7-10(18(28)30-2)3-5-13(15)17)12-6-4-11(19(21,22)23)8-14(12)20(24,25)26/h3-9H,1-2H3. The number of halogens is 6. The van der Waals surface area contributed by atoms with E-state index in [2.05, 4.69) is 9.72 Å². The fourth-order valence-corrected chi connectivity index (χ4v) is 2.93. The average molecular weight is 429 g/mol. The molecule has 4 nitrogen and oxygen atoms in total. The van der Waals surface area contributed by atoms with Crippen molar-refractivity contribution in [2.24, 2.45) is 0 Å². The first-order chi connectivity index (χ1) is 14.0. The van der Waals surface area contributed by atoms with Crippen LogP contribution in [0.4, 0.5) is 26.3 Å². The van der Waals surface area contributed by atoms with Crippen molar-refractivity contribution < 1.29 is 40.6 Å². The molecule has 0 atom stereocenters. The lowest BCUT2D eigenvalue weighted by Crippen LogP contribution is -2.12. The molecular weight excluding hydrogens is 416 g/mol. The van der Waals surface area contributed by atoms with Crippen LogP contribution in [0.15, 0.2) is 42.5 Å². The number of nitrogens with zero attached hydrogens (tertiary/aromatic N) is 1. The van der Waals surface area contributed by atoms with Gasteiger partial charge in [-0.1, -0.05) is 6.07 Å². The minimum Gasteiger partial charge on any atom is -0.496 e. The van der Waals surface area contributed by atoms with Gasteiger partial charge in [0.15, 0.2) is 0 Å². The summed E-state index contributed by atoms with van der Waals surface area (Å²) in [5.74, 6) is -0.548. The molecule has 0 radical (unpaired) electrons. The number of ether oxygens (including phenoxy) is 2. The lowest BCUT2D eigenvalue weighted by atomic mass is 9.99. The van der Waals surface area contributed by atoms with Crippen LogP contribution in [0.5, 0.6) is 5.75 Å². The minimum absolute atomic E-state index is 0.0402. The topological polar surface area (TPSA) is 48.4 Å². The summed E-state index contributed by atoms with van der Waals surface area (Å²) in [6, 6.07) is 6.70. The largest absolute Gasteiger partial charge is 0.496 e. The number of methoxy groups -OCH3 is 2. The zero-order chi connectivity index (χ0) is 22.3. The van der Waals surface area contributed by atoms with E-state index >= 15 is 0 Å². The first kappa shape index (κ1) is 21.4. The third-order valence-electron chi connectivity index (χ3n) is 4.34. The molecule has 0 fully saturated rings. The third-order valence-corrected chi connectivity index (χ3v) is 4.34. The fourth-order valence-electron chi connectivity index (χ4n) is 2.93.